The predicted octanol–water partition coefficient (Wildman–Crippen LogP) is 3.28. The minimum absolute atomic E-state index is 0.762. The Balaban J connectivity index is 1.78. The lowest BCUT2D eigenvalue weighted by Gasteiger charge is -2.29. The van der Waals surface area contributed by atoms with Crippen molar-refractivity contribution in [2.45, 2.75) is 64.8 Å². The first-order valence-corrected chi connectivity index (χ1v) is 8.29. The Bertz CT molecular complexity index is 223. The summed E-state index contributed by atoms with van der Waals surface area (Å²) in [5.41, 5.74) is 0. The van der Waals surface area contributed by atoms with Gasteiger partial charge in [0.25, 0.3) is 0 Å². The molecule has 0 radical (unpaired) electrons. The van der Waals surface area contributed by atoms with E-state index < -0.39 is 0 Å². The van der Waals surface area contributed by atoms with Crippen LogP contribution in [0.5, 0.6) is 0 Å². The van der Waals surface area contributed by atoms with Crippen LogP contribution in [0.25, 0.3) is 0 Å². The van der Waals surface area contributed by atoms with Crippen LogP contribution in [0.2, 0.25) is 0 Å². The Kier molecular flexibility index (Phi) is 5.97. The smallest absolute Gasteiger partial charge is 0.0223 e. The number of nitrogens with zero attached hydrogens (tertiary/aromatic N) is 1. The second kappa shape index (κ2) is 7.49. The van der Waals surface area contributed by atoms with Crippen molar-refractivity contribution in [1.82, 2.24) is 10.2 Å². The number of hydrogen-bond acceptors (Lipinski definition) is 2. The van der Waals surface area contributed by atoms with Crippen molar-refractivity contribution >= 4 is 0 Å². The molecule has 1 saturated heterocycles. The zero-order valence-electron chi connectivity index (χ0n) is 12.5. The summed E-state index contributed by atoms with van der Waals surface area (Å²) < 4.78 is 0. The zero-order chi connectivity index (χ0) is 12.8. The van der Waals surface area contributed by atoms with Gasteiger partial charge in [0.05, 0.1) is 0 Å². The molecule has 2 rings (SSSR count). The molecule has 1 aliphatic carbocycles. The van der Waals surface area contributed by atoms with Gasteiger partial charge in [-0.2, -0.15) is 0 Å². The molecule has 2 atom stereocenters. The van der Waals surface area contributed by atoms with Crippen LogP contribution in [-0.2, 0) is 0 Å². The van der Waals surface area contributed by atoms with Crippen molar-refractivity contribution in [3.63, 3.8) is 0 Å². The van der Waals surface area contributed by atoms with E-state index in [0.29, 0.717) is 0 Å². The van der Waals surface area contributed by atoms with E-state index in [0.717, 1.165) is 24.4 Å². The summed E-state index contributed by atoms with van der Waals surface area (Å²) in [5.74, 6) is 1.94. The number of nitrogens with one attached hydrogen (secondary N) is 1. The van der Waals surface area contributed by atoms with Crippen molar-refractivity contribution in [2.24, 2.45) is 11.8 Å². The third kappa shape index (κ3) is 3.96. The van der Waals surface area contributed by atoms with E-state index in [9.17, 15) is 0 Å². The summed E-state index contributed by atoms with van der Waals surface area (Å²) in [7, 11) is 0. The zero-order valence-corrected chi connectivity index (χ0v) is 12.5. The quantitative estimate of drug-likeness (QED) is 0.748. The Morgan fingerprint density at radius 1 is 1.17 bits per heavy atom. The van der Waals surface area contributed by atoms with Gasteiger partial charge in [-0.1, -0.05) is 33.1 Å². The number of likely N-dealkylation sites (N-methyl/N-ethyl adjacent to an activating group) is 1. The molecule has 2 heteroatoms. The fourth-order valence-corrected chi connectivity index (χ4v) is 4.00. The normalized spacial score (nSPS) is 28.0. The minimum atomic E-state index is 0.762. The molecule has 2 unspecified atom stereocenters. The summed E-state index contributed by atoms with van der Waals surface area (Å²) in [6, 6.07) is 0.762. The van der Waals surface area contributed by atoms with Crippen molar-refractivity contribution in [2.75, 3.05) is 26.2 Å². The average Bonchev–Trinajstić information content (AvgIpc) is 3.00. The van der Waals surface area contributed by atoms with Crippen molar-refractivity contribution in [1.29, 1.82) is 0 Å². The van der Waals surface area contributed by atoms with Gasteiger partial charge in [0.1, 0.15) is 0 Å². The van der Waals surface area contributed by atoms with Crippen LogP contribution < -0.4 is 5.32 Å². The molecule has 2 aliphatic rings. The van der Waals surface area contributed by atoms with Gasteiger partial charge in [0.15, 0.2) is 0 Å². The monoisotopic (exact) mass is 252 g/mol. The first-order chi connectivity index (χ1) is 8.83. The van der Waals surface area contributed by atoms with Crippen LogP contribution in [0.15, 0.2) is 0 Å². The van der Waals surface area contributed by atoms with E-state index in [4.69, 9.17) is 0 Å². The Labute approximate surface area is 114 Å². The van der Waals surface area contributed by atoms with Gasteiger partial charge in [-0.15, -0.1) is 0 Å². The highest BCUT2D eigenvalue weighted by atomic mass is 15.2. The van der Waals surface area contributed by atoms with Crippen LogP contribution >= 0.6 is 0 Å². The summed E-state index contributed by atoms with van der Waals surface area (Å²) in [6.07, 6.45) is 10.1. The van der Waals surface area contributed by atoms with Crippen molar-refractivity contribution in [3.05, 3.63) is 0 Å². The van der Waals surface area contributed by atoms with Crippen LogP contribution in [0.4, 0.5) is 0 Å². The molecule has 0 aromatic rings. The highest BCUT2D eigenvalue weighted by molar-refractivity contribution is 4.85. The SMILES string of the molecule is CCCC1CCN(CC(NCC)C2CCCC2)C1. The topological polar surface area (TPSA) is 15.3 Å². The van der Waals surface area contributed by atoms with E-state index in [-0.39, 0.29) is 0 Å². The van der Waals surface area contributed by atoms with Crippen molar-refractivity contribution < 1.29 is 0 Å². The van der Waals surface area contributed by atoms with Gasteiger partial charge in [-0.3, -0.25) is 0 Å². The highest BCUT2D eigenvalue weighted by Gasteiger charge is 2.29. The molecule has 0 aromatic carbocycles. The number of likely N-dealkylation sites (tertiary alicyclic amines) is 1. The van der Waals surface area contributed by atoms with Crippen LogP contribution in [0, 0.1) is 11.8 Å². The maximum atomic E-state index is 3.76. The molecule has 18 heavy (non-hydrogen) atoms. The first kappa shape index (κ1) is 14.3. The fourth-order valence-electron chi connectivity index (χ4n) is 4.00. The van der Waals surface area contributed by atoms with Gasteiger partial charge < -0.3 is 10.2 Å². The molecule has 2 nitrogen and oxygen atoms in total. The van der Waals surface area contributed by atoms with Crippen molar-refractivity contribution in [3.8, 4) is 0 Å². The van der Waals surface area contributed by atoms with Crippen LogP contribution in [0.3, 0.4) is 0 Å². The molecular weight excluding hydrogens is 220 g/mol. The van der Waals surface area contributed by atoms with Gasteiger partial charge in [-0.25, -0.2) is 0 Å². The molecule has 106 valence electrons. The maximum absolute atomic E-state index is 3.76. The molecule has 1 saturated carbocycles. The molecule has 1 aliphatic heterocycles. The second-order valence-corrected chi connectivity index (χ2v) is 6.41. The molecule has 1 N–H and O–H groups in total. The van der Waals surface area contributed by atoms with Crippen LogP contribution in [-0.4, -0.2) is 37.1 Å². The van der Waals surface area contributed by atoms with Crippen LogP contribution in [0.1, 0.15) is 58.8 Å². The third-order valence-electron chi connectivity index (χ3n) is 4.96. The fraction of sp³-hybridized carbons (Fsp3) is 1.00. The second-order valence-electron chi connectivity index (χ2n) is 6.41. The Morgan fingerprint density at radius 3 is 2.61 bits per heavy atom. The summed E-state index contributed by atoms with van der Waals surface area (Å²) in [6.45, 7) is 9.72. The Hall–Kier alpha value is -0.0800. The van der Waals surface area contributed by atoms with E-state index in [1.165, 1.54) is 64.6 Å². The molecule has 1 heterocycles. The number of hydrogen-bond donors (Lipinski definition) is 1. The van der Waals surface area contributed by atoms with E-state index in [2.05, 4.69) is 24.1 Å². The minimum Gasteiger partial charge on any atom is -0.313 e. The summed E-state index contributed by atoms with van der Waals surface area (Å²) >= 11 is 0. The largest absolute Gasteiger partial charge is 0.313 e. The van der Waals surface area contributed by atoms with E-state index in [1.807, 2.05) is 0 Å². The maximum Gasteiger partial charge on any atom is 0.0223 e. The van der Waals surface area contributed by atoms with Gasteiger partial charge >= 0.3 is 0 Å². The molecule has 0 aromatic heterocycles. The first-order valence-electron chi connectivity index (χ1n) is 8.29. The van der Waals surface area contributed by atoms with Gasteiger partial charge in [0, 0.05) is 19.1 Å². The number of rotatable bonds is 7. The lowest BCUT2D eigenvalue weighted by Crippen LogP contribution is -2.44. The third-order valence-corrected chi connectivity index (χ3v) is 4.96. The summed E-state index contributed by atoms with van der Waals surface area (Å²) in [5, 5.41) is 3.76. The lowest BCUT2D eigenvalue weighted by atomic mass is 9.97. The van der Waals surface area contributed by atoms with Gasteiger partial charge in [-0.05, 0) is 50.6 Å². The van der Waals surface area contributed by atoms with Gasteiger partial charge in [0.2, 0.25) is 0 Å². The standard InChI is InChI=1S/C16H32N2/c1-3-7-14-10-11-18(12-14)13-16(17-4-2)15-8-5-6-9-15/h14-17H,3-13H2,1-2H3. The molecule has 2 fully saturated rings. The molecule has 0 amide bonds. The Morgan fingerprint density at radius 2 is 1.94 bits per heavy atom. The lowest BCUT2D eigenvalue weighted by molar-refractivity contribution is 0.236. The highest BCUT2D eigenvalue weighted by Crippen LogP contribution is 2.29. The average molecular weight is 252 g/mol. The predicted molar refractivity (Wildman–Crippen MR) is 78.9 cm³/mol. The molecular formula is C16H32N2. The molecule has 0 bridgehead atoms. The van der Waals surface area contributed by atoms with E-state index >= 15 is 0 Å². The molecule has 0 spiro atoms. The summed E-state index contributed by atoms with van der Waals surface area (Å²) in [4.78, 5) is 2.73. The van der Waals surface area contributed by atoms with E-state index in [1.54, 1.807) is 0 Å².